The van der Waals surface area contributed by atoms with E-state index in [0.717, 1.165) is 19.4 Å². The molecule has 0 fully saturated rings. The zero-order chi connectivity index (χ0) is 15.6. The van der Waals surface area contributed by atoms with Crippen LogP contribution in [-0.4, -0.2) is 28.7 Å². The zero-order valence-corrected chi connectivity index (χ0v) is 12.8. The Morgan fingerprint density at radius 1 is 1.36 bits per heavy atom. The summed E-state index contributed by atoms with van der Waals surface area (Å²) in [7, 11) is 0. The standard InChI is InChI=1S/C16H22N4O2/c1-2-12-22-15-7-4-3-6-14(15)19-16(21)18-8-5-10-20-11-9-17-13-20/h3-4,6-7,9,11,13H,2,5,8,10,12H2,1H3,(H2,18,19,21). The van der Waals surface area contributed by atoms with Crippen molar-refractivity contribution in [2.45, 2.75) is 26.3 Å². The number of carbonyl (C=O) groups is 1. The molecular formula is C16H22N4O2. The van der Waals surface area contributed by atoms with Crippen LogP contribution in [0.15, 0.2) is 43.0 Å². The van der Waals surface area contributed by atoms with Gasteiger partial charge in [0.1, 0.15) is 5.75 Å². The molecule has 6 nitrogen and oxygen atoms in total. The van der Waals surface area contributed by atoms with Crippen molar-refractivity contribution in [1.82, 2.24) is 14.9 Å². The summed E-state index contributed by atoms with van der Waals surface area (Å²) < 4.78 is 7.59. The summed E-state index contributed by atoms with van der Waals surface area (Å²) in [5, 5.41) is 5.66. The van der Waals surface area contributed by atoms with Gasteiger partial charge in [0.2, 0.25) is 0 Å². The van der Waals surface area contributed by atoms with E-state index in [2.05, 4.69) is 15.6 Å². The number of aryl methyl sites for hydroxylation is 1. The van der Waals surface area contributed by atoms with Crippen LogP contribution in [0.3, 0.4) is 0 Å². The van der Waals surface area contributed by atoms with Crippen molar-refractivity contribution in [2.24, 2.45) is 0 Å². The first kappa shape index (κ1) is 15.9. The Bertz CT molecular complexity index is 569. The third-order valence-electron chi connectivity index (χ3n) is 3.03. The minimum absolute atomic E-state index is 0.224. The predicted molar refractivity (Wildman–Crippen MR) is 86.1 cm³/mol. The van der Waals surface area contributed by atoms with Gasteiger partial charge in [-0.25, -0.2) is 9.78 Å². The van der Waals surface area contributed by atoms with Gasteiger partial charge in [0.05, 0.1) is 18.6 Å². The van der Waals surface area contributed by atoms with Crippen LogP contribution in [0.2, 0.25) is 0 Å². The normalized spacial score (nSPS) is 10.2. The van der Waals surface area contributed by atoms with E-state index in [4.69, 9.17) is 4.74 Å². The van der Waals surface area contributed by atoms with E-state index in [1.165, 1.54) is 0 Å². The number of imidazole rings is 1. The van der Waals surface area contributed by atoms with Gasteiger partial charge in [0.15, 0.2) is 0 Å². The Balaban J connectivity index is 1.74. The van der Waals surface area contributed by atoms with Gasteiger partial charge in [-0.3, -0.25) is 0 Å². The third-order valence-corrected chi connectivity index (χ3v) is 3.03. The van der Waals surface area contributed by atoms with Crippen LogP contribution in [0.5, 0.6) is 5.75 Å². The lowest BCUT2D eigenvalue weighted by molar-refractivity contribution is 0.251. The molecule has 0 aliphatic heterocycles. The van der Waals surface area contributed by atoms with E-state index in [1.807, 2.05) is 42.0 Å². The Hall–Kier alpha value is -2.50. The van der Waals surface area contributed by atoms with E-state index in [1.54, 1.807) is 12.5 Å². The SMILES string of the molecule is CCCOc1ccccc1NC(=O)NCCCn1ccnc1. The lowest BCUT2D eigenvalue weighted by atomic mass is 10.3. The minimum atomic E-state index is -0.224. The monoisotopic (exact) mass is 302 g/mol. The van der Waals surface area contributed by atoms with Crippen LogP contribution in [-0.2, 0) is 6.54 Å². The molecule has 22 heavy (non-hydrogen) atoms. The van der Waals surface area contributed by atoms with E-state index in [-0.39, 0.29) is 6.03 Å². The predicted octanol–water partition coefficient (Wildman–Crippen LogP) is 2.88. The molecule has 118 valence electrons. The molecule has 2 rings (SSSR count). The maximum atomic E-state index is 11.9. The zero-order valence-electron chi connectivity index (χ0n) is 12.8. The van der Waals surface area contributed by atoms with Gasteiger partial charge in [-0.15, -0.1) is 0 Å². The number of amides is 2. The van der Waals surface area contributed by atoms with Gasteiger partial charge in [-0.1, -0.05) is 19.1 Å². The van der Waals surface area contributed by atoms with Crippen molar-refractivity contribution >= 4 is 11.7 Å². The maximum absolute atomic E-state index is 11.9. The van der Waals surface area contributed by atoms with Gasteiger partial charge in [0, 0.05) is 25.5 Å². The molecular weight excluding hydrogens is 280 g/mol. The number of carbonyl (C=O) groups excluding carboxylic acids is 1. The highest BCUT2D eigenvalue weighted by Crippen LogP contribution is 2.23. The van der Waals surface area contributed by atoms with Crippen LogP contribution < -0.4 is 15.4 Å². The molecule has 2 N–H and O–H groups in total. The fraction of sp³-hybridized carbons (Fsp3) is 0.375. The Morgan fingerprint density at radius 3 is 3.00 bits per heavy atom. The van der Waals surface area contributed by atoms with Gasteiger partial charge >= 0.3 is 6.03 Å². The van der Waals surface area contributed by atoms with Crippen LogP contribution in [0.1, 0.15) is 19.8 Å². The van der Waals surface area contributed by atoms with E-state index in [0.29, 0.717) is 24.6 Å². The highest BCUT2D eigenvalue weighted by atomic mass is 16.5. The number of hydrogen-bond donors (Lipinski definition) is 2. The van der Waals surface area contributed by atoms with Crippen LogP contribution >= 0.6 is 0 Å². The summed E-state index contributed by atoms with van der Waals surface area (Å²) in [5.74, 6) is 0.693. The second kappa shape index (κ2) is 8.71. The molecule has 1 aromatic heterocycles. The fourth-order valence-corrected chi connectivity index (χ4v) is 1.96. The van der Waals surface area contributed by atoms with Crippen molar-refractivity contribution in [3.63, 3.8) is 0 Å². The number of nitrogens with one attached hydrogen (secondary N) is 2. The third kappa shape index (κ3) is 5.12. The molecule has 0 radical (unpaired) electrons. The first-order valence-corrected chi connectivity index (χ1v) is 7.52. The van der Waals surface area contributed by atoms with Crippen molar-refractivity contribution < 1.29 is 9.53 Å². The van der Waals surface area contributed by atoms with Gasteiger partial charge in [-0.2, -0.15) is 0 Å². The van der Waals surface area contributed by atoms with Crippen molar-refractivity contribution in [1.29, 1.82) is 0 Å². The number of anilines is 1. The van der Waals surface area contributed by atoms with Crippen LogP contribution in [0.4, 0.5) is 10.5 Å². The molecule has 0 unspecified atom stereocenters. The van der Waals surface area contributed by atoms with E-state index >= 15 is 0 Å². The maximum Gasteiger partial charge on any atom is 0.319 e. The molecule has 0 saturated carbocycles. The molecule has 0 spiro atoms. The molecule has 2 amide bonds. The number of benzene rings is 1. The molecule has 1 aromatic carbocycles. The average molecular weight is 302 g/mol. The highest BCUT2D eigenvalue weighted by Gasteiger charge is 2.06. The van der Waals surface area contributed by atoms with Crippen LogP contribution in [0.25, 0.3) is 0 Å². The first-order chi connectivity index (χ1) is 10.8. The van der Waals surface area contributed by atoms with Gasteiger partial charge < -0.3 is 19.9 Å². The van der Waals surface area contributed by atoms with E-state index < -0.39 is 0 Å². The number of nitrogens with zero attached hydrogens (tertiary/aromatic N) is 2. The number of aromatic nitrogens is 2. The van der Waals surface area contributed by atoms with Gasteiger partial charge in [0.25, 0.3) is 0 Å². The summed E-state index contributed by atoms with van der Waals surface area (Å²) in [4.78, 5) is 15.9. The first-order valence-electron chi connectivity index (χ1n) is 7.52. The van der Waals surface area contributed by atoms with Gasteiger partial charge in [-0.05, 0) is 25.0 Å². The lowest BCUT2D eigenvalue weighted by Gasteiger charge is -2.12. The second-order valence-electron chi connectivity index (χ2n) is 4.88. The molecule has 0 saturated heterocycles. The summed E-state index contributed by atoms with van der Waals surface area (Å²) in [6, 6.07) is 7.21. The summed E-state index contributed by atoms with van der Waals surface area (Å²) >= 11 is 0. The molecule has 0 aliphatic carbocycles. The van der Waals surface area contributed by atoms with Crippen molar-refractivity contribution in [2.75, 3.05) is 18.5 Å². The largest absolute Gasteiger partial charge is 0.491 e. The smallest absolute Gasteiger partial charge is 0.319 e. The van der Waals surface area contributed by atoms with E-state index in [9.17, 15) is 4.79 Å². The average Bonchev–Trinajstić information content (AvgIpc) is 3.04. The number of para-hydroxylation sites is 2. The van der Waals surface area contributed by atoms with Crippen molar-refractivity contribution in [3.8, 4) is 5.75 Å². The molecule has 6 heteroatoms. The number of rotatable bonds is 8. The number of ether oxygens (including phenoxy) is 1. The quantitative estimate of drug-likeness (QED) is 0.737. The number of hydrogen-bond acceptors (Lipinski definition) is 3. The summed E-state index contributed by atoms with van der Waals surface area (Å²) in [6.07, 6.45) is 7.18. The Morgan fingerprint density at radius 2 is 2.23 bits per heavy atom. The fourth-order valence-electron chi connectivity index (χ4n) is 1.96. The topological polar surface area (TPSA) is 68.2 Å². The van der Waals surface area contributed by atoms with Crippen molar-refractivity contribution in [3.05, 3.63) is 43.0 Å². The molecule has 0 aliphatic rings. The Kier molecular flexibility index (Phi) is 6.29. The highest BCUT2D eigenvalue weighted by molar-refractivity contribution is 5.90. The number of urea groups is 1. The minimum Gasteiger partial charge on any atom is -0.491 e. The second-order valence-corrected chi connectivity index (χ2v) is 4.88. The molecule has 0 atom stereocenters. The molecule has 0 bridgehead atoms. The summed E-state index contributed by atoms with van der Waals surface area (Å²) in [6.45, 7) is 4.10. The molecule has 2 aromatic rings. The lowest BCUT2D eigenvalue weighted by Crippen LogP contribution is -2.30. The Labute approximate surface area is 130 Å². The molecule has 1 heterocycles. The van der Waals surface area contributed by atoms with Crippen LogP contribution in [0, 0.1) is 0 Å². The summed E-state index contributed by atoms with van der Waals surface area (Å²) in [5.41, 5.74) is 0.683.